The summed E-state index contributed by atoms with van der Waals surface area (Å²) in [6.07, 6.45) is 2.97. The summed E-state index contributed by atoms with van der Waals surface area (Å²) in [6.45, 7) is 4.98. The highest BCUT2D eigenvalue weighted by Gasteiger charge is 2.23. The molecule has 7 heteroatoms. The van der Waals surface area contributed by atoms with Gasteiger partial charge in [-0.2, -0.15) is 0 Å². The lowest BCUT2D eigenvalue weighted by molar-refractivity contribution is -0.122. The summed E-state index contributed by atoms with van der Waals surface area (Å²) in [5, 5.41) is 6.52. The highest BCUT2D eigenvalue weighted by molar-refractivity contribution is 5.85. The van der Waals surface area contributed by atoms with E-state index < -0.39 is 0 Å². The lowest BCUT2D eigenvalue weighted by atomic mass is 9.84. The first-order valence-corrected chi connectivity index (χ1v) is 9.29. The molecule has 1 heterocycles. The third-order valence-corrected chi connectivity index (χ3v) is 5.29. The topological polar surface area (TPSA) is 53.6 Å². The van der Waals surface area contributed by atoms with E-state index in [-0.39, 0.29) is 36.8 Å². The number of halogens is 2. The Morgan fingerprint density at radius 3 is 2.56 bits per heavy atom. The number of carbonyl (C=O) groups excluding carboxylic acids is 1. The summed E-state index contributed by atoms with van der Waals surface area (Å²) in [6, 6.07) is 8.18. The fourth-order valence-electron chi connectivity index (χ4n) is 3.60. The summed E-state index contributed by atoms with van der Waals surface area (Å²) in [4.78, 5) is 14.5. The molecule has 2 N–H and O–H groups in total. The van der Waals surface area contributed by atoms with Crippen molar-refractivity contribution >= 4 is 30.7 Å². The van der Waals surface area contributed by atoms with Gasteiger partial charge in [0.05, 0.1) is 13.2 Å². The molecule has 2 unspecified atom stereocenters. The Balaban J connectivity index is 0.00000338. The average molecular weight is 420 g/mol. The molecule has 0 saturated carbocycles. The molecule has 156 valence electrons. The number of likely N-dealkylation sites (N-methyl/N-ethyl adjacent to an activating group) is 1. The Bertz CT molecular complexity index is 552. The number of hydrogen-bond donors (Lipinski definition) is 2. The van der Waals surface area contributed by atoms with Gasteiger partial charge in [0.15, 0.2) is 0 Å². The van der Waals surface area contributed by atoms with Gasteiger partial charge in [0.25, 0.3) is 0 Å². The molecule has 1 saturated heterocycles. The van der Waals surface area contributed by atoms with Gasteiger partial charge in [-0.25, -0.2) is 0 Å². The number of amides is 1. The van der Waals surface area contributed by atoms with E-state index in [1.807, 2.05) is 32.3 Å². The maximum absolute atomic E-state index is 12.4. The predicted molar refractivity (Wildman–Crippen MR) is 116 cm³/mol. The molecule has 0 bridgehead atoms. The van der Waals surface area contributed by atoms with Crippen LogP contribution >= 0.6 is 24.8 Å². The molecule has 1 aliphatic heterocycles. The van der Waals surface area contributed by atoms with Crippen molar-refractivity contribution < 1.29 is 9.53 Å². The Morgan fingerprint density at radius 2 is 1.96 bits per heavy atom. The number of methoxy groups -OCH3 is 1. The molecule has 0 aromatic heterocycles. The zero-order chi connectivity index (χ0) is 18.2. The van der Waals surface area contributed by atoms with Gasteiger partial charge in [-0.1, -0.05) is 19.1 Å². The molecule has 1 amide bonds. The first-order chi connectivity index (χ1) is 12.0. The summed E-state index contributed by atoms with van der Waals surface area (Å²) in [5.74, 6) is 2.10. The van der Waals surface area contributed by atoms with E-state index in [4.69, 9.17) is 4.74 Å². The largest absolute Gasteiger partial charge is 0.497 e. The molecule has 27 heavy (non-hydrogen) atoms. The second kappa shape index (κ2) is 13.2. The number of nitrogens with zero attached hydrogens (tertiary/aromatic N) is 1. The Labute approximate surface area is 176 Å². The van der Waals surface area contributed by atoms with E-state index >= 15 is 0 Å². The summed E-state index contributed by atoms with van der Waals surface area (Å²) in [5.41, 5.74) is 1.15. The average Bonchev–Trinajstić information content (AvgIpc) is 2.62. The van der Waals surface area contributed by atoms with Crippen LogP contribution in [0.1, 0.15) is 37.8 Å². The molecule has 0 aliphatic carbocycles. The van der Waals surface area contributed by atoms with Crippen molar-refractivity contribution in [2.45, 2.75) is 32.2 Å². The normalized spacial score (nSPS) is 16.6. The minimum absolute atomic E-state index is 0. The van der Waals surface area contributed by atoms with Crippen LogP contribution in [0.2, 0.25) is 0 Å². The molecule has 0 radical (unpaired) electrons. The minimum atomic E-state index is 0. The number of rotatable bonds is 8. The summed E-state index contributed by atoms with van der Waals surface area (Å²) >= 11 is 0. The van der Waals surface area contributed by atoms with Gasteiger partial charge in [0.2, 0.25) is 5.91 Å². The van der Waals surface area contributed by atoms with Crippen LogP contribution in [-0.2, 0) is 4.79 Å². The van der Waals surface area contributed by atoms with Crippen LogP contribution < -0.4 is 15.4 Å². The minimum Gasteiger partial charge on any atom is -0.497 e. The van der Waals surface area contributed by atoms with Crippen LogP contribution in [0.15, 0.2) is 24.3 Å². The van der Waals surface area contributed by atoms with Gasteiger partial charge in [-0.05, 0) is 69.6 Å². The van der Waals surface area contributed by atoms with Crippen LogP contribution in [0.25, 0.3) is 0 Å². The van der Waals surface area contributed by atoms with E-state index in [0.717, 1.165) is 24.4 Å². The SMILES string of the molecule is COc1cccc(C(CNC(=O)CC(C)C2CCNCC2)N(C)C)c1.Cl.Cl. The second-order valence-electron chi connectivity index (χ2n) is 7.33. The van der Waals surface area contributed by atoms with Crippen molar-refractivity contribution in [1.29, 1.82) is 0 Å². The zero-order valence-corrected chi connectivity index (χ0v) is 18.5. The van der Waals surface area contributed by atoms with Gasteiger partial charge in [-0.3, -0.25) is 4.79 Å². The number of carbonyl (C=O) groups is 1. The van der Waals surface area contributed by atoms with Crippen LogP contribution in [0.5, 0.6) is 5.75 Å². The fraction of sp³-hybridized carbons (Fsp3) is 0.650. The Kier molecular flexibility index (Phi) is 12.7. The molecular weight excluding hydrogens is 385 g/mol. The van der Waals surface area contributed by atoms with E-state index in [2.05, 4.69) is 28.5 Å². The second-order valence-corrected chi connectivity index (χ2v) is 7.33. The third-order valence-electron chi connectivity index (χ3n) is 5.29. The highest BCUT2D eigenvalue weighted by atomic mass is 35.5. The molecule has 2 atom stereocenters. The molecule has 1 aromatic rings. The number of hydrogen-bond acceptors (Lipinski definition) is 4. The van der Waals surface area contributed by atoms with Gasteiger partial charge < -0.3 is 20.3 Å². The zero-order valence-electron chi connectivity index (χ0n) is 16.9. The summed E-state index contributed by atoms with van der Waals surface area (Å²) in [7, 11) is 5.75. The number of benzene rings is 1. The first-order valence-electron chi connectivity index (χ1n) is 9.29. The van der Waals surface area contributed by atoms with Crippen molar-refractivity contribution in [3.63, 3.8) is 0 Å². The smallest absolute Gasteiger partial charge is 0.220 e. The summed E-state index contributed by atoms with van der Waals surface area (Å²) < 4.78 is 5.32. The van der Waals surface area contributed by atoms with Crippen molar-refractivity contribution in [2.75, 3.05) is 40.8 Å². The monoisotopic (exact) mass is 419 g/mol. The van der Waals surface area contributed by atoms with Gasteiger partial charge in [0.1, 0.15) is 5.75 Å². The lowest BCUT2D eigenvalue weighted by Crippen LogP contribution is -2.37. The van der Waals surface area contributed by atoms with Gasteiger partial charge in [0, 0.05) is 13.0 Å². The molecular formula is C20H35Cl2N3O2. The molecule has 1 fully saturated rings. The Hall–Kier alpha value is -1.01. The number of nitrogens with one attached hydrogen (secondary N) is 2. The quantitative estimate of drug-likeness (QED) is 0.678. The van der Waals surface area contributed by atoms with Crippen molar-refractivity contribution in [2.24, 2.45) is 11.8 Å². The van der Waals surface area contributed by atoms with Crippen LogP contribution in [0.3, 0.4) is 0 Å². The van der Waals surface area contributed by atoms with Crippen LogP contribution in [0.4, 0.5) is 0 Å². The van der Waals surface area contributed by atoms with E-state index in [9.17, 15) is 4.79 Å². The highest BCUT2D eigenvalue weighted by Crippen LogP contribution is 2.25. The molecule has 5 nitrogen and oxygen atoms in total. The Morgan fingerprint density at radius 1 is 1.30 bits per heavy atom. The molecule has 1 aromatic carbocycles. The molecule has 1 aliphatic rings. The van der Waals surface area contributed by atoms with Crippen LogP contribution in [-0.4, -0.2) is 51.6 Å². The van der Waals surface area contributed by atoms with E-state index in [1.165, 1.54) is 12.8 Å². The fourth-order valence-corrected chi connectivity index (χ4v) is 3.60. The predicted octanol–water partition coefficient (Wildman–Crippen LogP) is 3.28. The molecule has 0 spiro atoms. The lowest BCUT2D eigenvalue weighted by Gasteiger charge is -2.29. The number of ether oxygens (including phenoxy) is 1. The maximum Gasteiger partial charge on any atom is 0.220 e. The van der Waals surface area contributed by atoms with Crippen molar-refractivity contribution in [1.82, 2.24) is 15.5 Å². The van der Waals surface area contributed by atoms with Crippen molar-refractivity contribution in [3.05, 3.63) is 29.8 Å². The van der Waals surface area contributed by atoms with Crippen LogP contribution in [0, 0.1) is 11.8 Å². The maximum atomic E-state index is 12.4. The standard InChI is InChI=1S/C20H33N3O2.2ClH/c1-15(16-8-10-21-11-9-16)12-20(24)22-14-19(23(2)3)17-6-5-7-18(13-17)25-4;;/h5-7,13,15-16,19,21H,8-12,14H2,1-4H3,(H,22,24);2*1H. The van der Waals surface area contributed by atoms with Gasteiger partial charge in [-0.15, -0.1) is 24.8 Å². The van der Waals surface area contributed by atoms with E-state index in [1.54, 1.807) is 7.11 Å². The third kappa shape index (κ3) is 8.26. The first kappa shape index (κ1) is 26.0. The number of piperidine rings is 1. The van der Waals surface area contributed by atoms with Gasteiger partial charge >= 0.3 is 0 Å². The molecule has 2 rings (SSSR count). The van der Waals surface area contributed by atoms with E-state index in [0.29, 0.717) is 24.8 Å². The van der Waals surface area contributed by atoms with Crippen molar-refractivity contribution in [3.8, 4) is 5.75 Å².